The molecule has 1 aliphatic rings. The van der Waals surface area contributed by atoms with E-state index < -0.39 is 5.97 Å². The minimum absolute atomic E-state index is 0.0928. The average molecular weight is 262 g/mol. The lowest BCUT2D eigenvalue weighted by Crippen LogP contribution is -2.28. The standard InChI is InChI=1S/C14H18N2O3/c15-7-2-1-3-13(17)16-8-6-10-9-11(14(18)19)4-5-12(10)16/h4-5,9H,1-3,6-8,15H2,(H,18,19). The quantitative estimate of drug-likeness (QED) is 0.786. The Hall–Kier alpha value is -1.88. The number of unbranched alkanes of at least 4 members (excludes halogenated alkanes) is 1. The molecule has 0 fully saturated rings. The van der Waals surface area contributed by atoms with E-state index in [0.29, 0.717) is 19.5 Å². The van der Waals surface area contributed by atoms with Crippen molar-refractivity contribution < 1.29 is 14.7 Å². The lowest BCUT2D eigenvalue weighted by Gasteiger charge is -2.17. The van der Waals surface area contributed by atoms with Gasteiger partial charge >= 0.3 is 5.97 Å². The summed E-state index contributed by atoms with van der Waals surface area (Å²) in [5, 5.41) is 8.94. The van der Waals surface area contributed by atoms with Crippen molar-refractivity contribution in [3.63, 3.8) is 0 Å². The molecule has 1 aliphatic heterocycles. The van der Waals surface area contributed by atoms with Crippen molar-refractivity contribution in [2.45, 2.75) is 25.7 Å². The van der Waals surface area contributed by atoms with Crippen LogP contribution in [0.4, 0.5) is 5.69 Å². The first-order valence-corrected chi connectivity index (χ1v) is 6.50. The molecule has 0 bridgehead atoms. The number of carbonyl (C=O) groups is 2. The Balaban J connectivity index is 2.09. The highest BCUT2D eigenvalue weighted by molar-refractivity contribution is 5.96. The molecule has 0 unspecified atom stereocenters. The number of carbonyl (C=O) groups excluding carboxylic acids is 1. The number of carboxylic acid groups (broad SMARTS) is 1. The second-order valence-corrected chi connectivity index (χ2v) is 4.69. The summed E-state index contributed by atoms with van der Waals surface area (Å²) >= 11 is 0. The highest BCUT2D eigenvalue weighted by Gasteiger charge is 2.24. The van der Waals surface area contributed by atoms with Crippen LogP contribution < -0.4 is 10.6 Å². The summed E-state index contributed by atoms with van der Waals surface area (Å²) in [6.45, 7) is 1.24. The fourth-order valence-electron chi connectivity index (χ4n) is 2.35. The van der Waals surface area contributed by atoms with Gasteiger partial charge in [-0.25, -0.2) is 4.79 Å². The number of amides is 1. The molecular weight excluding hydrogens is 244 g/mol. The molecular formula is C14H18N2O3. The summed E-state index contributed by atoms with van der Waals surface area (Å²) in [6, 6.07) is 4.93. The molecule has 0 saturated carbocycles. The van der Waals surface area contributed by atoms with Crippen molar-refractivity contribution in [3.05, 3.63) is 29.3 Å². The monoisotopic (exact) mass is 262 g/mol. The van der Waals surface area contributed by atoms with Crippen LogP contribution in [0.2, 0.25) is 0 Å². The van der Waals surface area contributed by atoms with Crippen LogP contribution >= 0.6 is 0 Å². The third-order valence-corrected chi connectivity index (χ3v) is 3.37. The maximum atomic E-state index is 12.1. The molecule has 1 aromatic rings. The molecule has 0 atom stereocenters. The molecule has 0 radical (unpaired) electrons. The summed E-state index contributed by atoms with van der Waals surface area (Å²) in [5.41, 5.74) is 7.47. The second-order valence-electron chi connectivity index (χ2n) is 4.69. The van der Waals surface area contributed by atoms with Crippen LogP contribution in [0, 0.1) is 0 Å². The zero-order valence-corrected chi connectivity index (χ0v) is 10.8. The number of aromatic carboxylic acids is 1. The van der Waals surface area contributed by atoms with Gasteiger partial charge in [0.05, 0.1) is 5.56 Å². The van der Waals surface area contributed by atoms with Crippen LogP contribution in [-0.2, 0) is 11.2 Å². The van der Waals surface area contributed by atoms with Gasteiger partial charge in [-0.05, 0) is 49.6 Å². The molecule has 5 heteroatoms. The Morgan fingerprint density at radius 1 is 1.32 bits per heavy atom. The van der Waals surface area contributed by atoms with Crippen LogP contribution in [0.15, 0.2) is 18.2 Å². The fraction of sp³-hybridized carbons (Fsp3) is 0.429. The van der Waals surface area contributed by atoms with Crippen LogP contribution in [0.3, 0.4) is 0 Å². The number of nitrogens with two attached hydrogens (primary N) is 1. The van der Waals surface area contributed by atoms with Gasteiger partial charge in [-0.1, -0.05) is 0 Å². The van der Waals surface area contributed by atoms with E-state index >= 15 is 0 Å². The molecule has 1 amide bonds. The van der Waals surface area contributed by atoms with Crippen molar-refractivity contribution in [1.29, 1.82) is 0 Å². The Bertz CT molecular complexity index is 499. The normalized spacial score (nSPS) is 13.4. The van der Waals surface area contributed by atoms with Gasteiger partial charge in [0.1, 0.15) is 0 Å². The highest BCUT2D eigenvalue weighted by atomic mass is 16.4. The van der Waals surface area contributed by atoms with Gasteiger partial charge in [-0.15, -0.1) is 0 Å². The van der Waals surface area contributed by atoms with E-state index in [1.807, 2.05) is 0 Å². The first-order valence-electron chi connectivity index (χ1n) is 6.50. The SMILES string of the molecule is NCCCCC(=O)N1CCc2cc(C(=O)O)ccc21. The number of benzene rings is 1. The largest absolute Gasteiger partial charge is 0.478 e. The lowest BCUT2D eigenvalue weighted by atomic mass is 10.1. The summed E-state index contributed by atoms with van der Waals surface area (Å²) in [6.07, 6.45) is 2.87. The minimum Gasteiger partial charge on any atom is -0.478 e. The van der Waals surface area contributed by atoms with E-state index in [4.69, 9.17) is 10.8 Å². The number of fused-ring (bicyclic) bond motifs is 1. The van der Waals surface area contributed by atoms with E-state index in [2.05, 4.69) is 0 Å². The molecule has 2 rings (SSSR count). The predicted molar refractivity (Wildman–Crippen MR) is 72.4 cm³/mol. The van der Waals surface area contributed by atoms with E-state index in [1.54, 1.807) is 23.1 Å². The Morgan fingerprint density at radius 2 is 2.11 bits per heavy atom. The molecule has 19 heavy (non-hydrogen) atoms. The highest BCUT2D eigenvalue weighted by Crippen LogP contribution is 2.29. The van der Waals surface area contributed by atoms with Gasteiger partial charge in [0.15, 0.2) is 0 Å². The molecule has 0 aliphatic carbocycles. The molecule has 1 aromatic carbocycles. The number of hydrogen-bond acceptors (Lipinski definition) is 3. The molecule has 5 nitrogen and oxygen atoms in total. The van der Waals surface area contributed by atoms with Gasteiger partial charge < -0.3 is 15.7 Å². The predicted octanol–water partition coefficient (Wildman–Crippen LogP) is 1.40. The van der Waals surface area contributed by atoms with Crippen LogP contribution in [-0.4, -0.2) is 30.1 Å². The Morgan fingerprint density at radius 3 is 2.79 bits per heavy atom. The first-order chi connectivity index (χ1) is 9.13. The summed E-state index contributed by atoms with van der Waals surface area (Å²) in [4.78, 5) is 24.7. The number of anilines is 1. The molecule has 0 aromatic heterocycles. The zero-order valence-electron chi connectivity index (χ0n) is 10.8. The Kier molecular flexibility index (Phi) is 4.16. The third kappa shape index (κ3) is 2.93. The van der Waals surface area contributed by atoms with Crippen molar-refractivity contribution in [1.82, 2.24) is 0 Å². The number of nitrogens with zero attached hydrogens (tertiary/aromatic N) is 1. The number of carboxylic acids is 1. The van der Waals surface area contributed by atoms with Gasteiger partial charge in [-0.2, -0.15) is 0 Å². The summed E-state index contributed by atoms with van der Waals surface area (Å²) in [7, 11) is 0. The van der Waals surface area contributed by atoms with Crippen molar-refractivity contribution in [3.8, 4) is 0 Å². The molecule has 102 valence electrons. The van der Waals surface area contributed by atoms with E-state index in [9.17, 15) is 9.59 Å². The maximum Gasteiger partial charge on any atom is 0.335 e. The topological polar surface area (TPSA) is 83.6 Å². The maximum absolute atomic E-state index is 12.1. The van der Waals surface area contributed by atoms with Crippen LogP contribution in [0.25, 0.3) is 0 Å². The smallest absolute Gasteiger partial charge is 0.335 e. The average Bonchev–Trinajstić information content (AvgIpc) is 2.81. The van der Waals surface area contributed by atoms with Crippen LogP contribution in [0.5, 0.6) is 0 Å². The summed E-state index contributed by atoms with van der Waals surface area (Å²) < 4.78 is 0. The van der Waals surface area contributed by atoms with Crippen molar-refractivity contribution in [2.24, 2.45) is 5.73 Å². The van der Waals surface area contributed by atoms with Crippen LogP contribution in [0.1, 0.15) is 35.2 Å². The van der Waals surface area contributed by atoms with E-state index in [0.717, 1.165) is 30.5 Å². The van der Waals surface area contributed by atoms with Gasteiger partial charge in [0.2, 0.25) is 5.91 Å². The molecule has 0 spiro atoms. The fourth-order valence-corrected chi connectivity index (χ4v) is 2.35. The van der Waals surface area contributed by atoms with E-state index in [1.165, 1.54) is 0 Å². The number of hydrogen-bond donors (Lipinski definition) is 2. The van der Waals surface area contributed by atoms with Gasteiger partial charge in [0.25, 0.3) is 0 Å². The van der Waals surface area contributed by atoms with Crippen molar-refractivity contribution in [2.75, 3.05) is 18.0 Å². The minimum atomic E-state index is -0.935. The van der Waals surface area contributed by atoms with Gasteiger partial charge in [0, 0.05) is 18.7 Å². The molecule has 3 N–H and O–H groups in total. The summed E-state index contributed by atoms with van der Waals surface area (Å²) in [5.74, 6) is -0.842. The Labute approximate surface area is 112 Å². The molecule has 1 heterocycles. The van der Waals surface area contributed by atoms with Crippen molar-refractivity contribution >= 4 is 17.6 Å². The first kappa shape index (κ1) is 13.5. The lowest BCUT2D eigenvalue weighted by molar-refractivity contribution is -0.118. The third-order valence-electron chi connectivity index (χ3n) is 3.37. The zero-order chi connectivity index (χ0) is 13.8. The van der Waals surface area contributed by atoms with Gasteiger partial charge in [-0.3, -0.25) is 4.79 Å². The molecule has 0 saturated heterocycles. The second kappa shape index (κ2) is 5.84. The van der Waals surface area contributed by atoms with E-state index in [-0.39, 0.29) is 11.5 Å². The number of rotatable bonds is 5.